The summed E-state index contributed by atoms with van der Waals surface area (Å²) in [5.41, 5.74) is -0.163. The van der Waals surface area contributed by atoms with E-state index in [9.17, 15) is 18.4 Å². The molecule has 0 saturated carbocycles. The van der Waals surface area contributed by atoms with Gasteiger partial charge in [0.1, 0.15) is 28.6 Å². The van der Waals surface area contributed by atoms with Gasteiger partial charge in [-0.05, 0) is 30.2 Å². The van der Waals surface area contributed by atoms with Crippen molar-refractivity contribution in [3.8, 4) is 5.75 Å². The van der Waals surface area contributed by atoms with Gasteiger partial charge in [0.15, 0.2) is 0 Å². The van der Waals surface area contributed by atoms with Gasteiger partial charge in [-0.15, -0.1) is 0 Å². The Kier molecular flexibility index (Phi) is 4.62. The molecule has 6 nitrogen and oxygen atoms in total. The summed E-state index contributed by atoms with van der Waals surface area (Å²) in [6, 6.07) is 8.45. The molecular weight excluding hydrogens is 380 g/mol. The topological polar surface area (TPSA) is 84.1 Å². The maximum atomic E-state index is 14.4. The van der Waals surface area contributed by atoms with Gasteiger partial charge in [0.05, 0.1) is 18.4 Å². The summed E-state index contributed by atoms with van der Waals surface area (Å²) >= 11 is 0. The molecular formula is C21H17F2N3O3. The second kappa shape index (κ2) is 7.12. The number of pyridine rings is 2. The van der Waals surface area contributed by atoms with Gasteiger partial charge in [-0.1, -0.05) is 12.1 Å². The van der Waals surface area contributed by atoms with Crippen LogP contribution in [0.25, 0.3) is 0 Å². The molecule has 0 fully saturated rings. The Morgan fingerprint density at radius 1 is 1.24 bits per heavy atom. The van der Waals surface area contributed by atoms with E-state index >= 15 is 0 Å². The third-order valence-corrected chi connectivity index (χ3v) is 5.00. The molecule has 3 heterocycles. The third kappa shape index (κ3) is 3.37. The number of carbonyl (C=O) groups excluding carboxylic acids is 1. The van der Waals surface area contributed by atoms with Crippen LogP contribution >= 0.6 is 0 Å². The summed E-state index contributed by atoms with van der Waals surface area (Å²) in [6.07, 6.45) is 2.58. The third-order valence-electron chi connectivity index (χ3n) is 5.00. The van der Waals surface area contributed by atoms with Gasteiger partial charge in [-0.2, -0.15) is 0 Å². The summed E-state index contributed by atoms with van der Waals surface area (Å²) in [4.78, 5) is 30.9. The highest BCUT2D eigenvalue weighted by atomic mass is 19.1. The lowest BCUT2D eigenvalue weighted by Gasteiger charge is -2.39. The minimum atomic E-state index is -1.23. The molecule has 0 unspecified atom stereocenters. The molecule has 1 aliphatic rings. The lowest BCUT2D eigenvalue weighted by Crippen LogP contribution is -2.50. The van der Waals surface area contributed by atoms with Crippen LogP contribution in [0.15, 0.2) is 53.6 Å². The maximum absolute atomic E-state index is 14.4. The molecule has 0 spiro atoms. The lowest BCUT2D eigenvalue weighted by molar-refractivity contribution is 0.0883. The molecule has 2 N–H and O–H groups in total. The summed E-state index contributed by atoms with van der Waals surface area (Å²) in [6.45, 7) is 1.80. The van der Waals surface area contributed by atoms with Gasteiger partial charge in [-0.25, -0.2) is 8.78 Å². The lowest BCUT2D eigenvalue weighted by atomic mass is 9.80. The number of rotatable bonds is 3. The molecule has 0 radical (unpaired) electrons. The van der Waals surface area contributed by atoms with Crippen LogP contribution in [0.4, 0.5) is 8.78 Å². The molecule has 148 valence electrons. The molecule has 8 heteroatoms. The van der Waals surface area contributed by atoms with Crippen molar-refractivity contribution in [1.82, 2.24) is 15.3 Å². The standard InChI is InChI=1S/C21H17F2N3O3/c1-12-2-4-14(8-16(12)23)21(26-20(28)13-3-5-18(27)24-10-13)6-7-29-17-9-15(22)11-25-19(17)21/h2-5,8-11H,6-7H2,1H3,(H,24,27)(H,26,28)/t21-/m0/s1. The first-order chi connectivity index (χ1) is 13.9. The first kappa shape index (κ1) is 18.8. The van der Waals surface area contributed by atoms with Crippen LogP contribution in [-0.2, 0) is 5.54 Å². The number of aromatic nitrogens is 2. The van der Waals surface area contributed by atoms with Gasteiger partial charge >= 0.3 is 0 Å². The molecule has 0 bridgehead atoms. The Morgan fingerprint density at radius 3 is 2.79 bits per heavy atom. The zero-order chi connectivity index (χ0) is 20.6. The SMILES string of the molecule is Cc1ccc([C@@]2(NC(=O)c3ccc(=O)[nH]c3)CCOc3cc(F)cnc32)cc1F. The number of hydrogen-bond donors (Lipinski definition) is 2. The minimum absolute atomic E-state index is 0.166. The fourth-order valence-electron chi connectivity index (χ4n) is 3.43. The number of nitrogens with one attached hydrogen (secondary N) is 2. The molecule has 1 amide bonds. The van der Waals surface area contributed by atoms with E-state index < -0.39 is 23.1 Å². The molecule has 1 aromatic carbocycles. The molecule has 0 saturated heterocycles. The number of benzene rings is 1. The highest BCUT2D eigenvalue weighted by Gasteiger charge is 2.43. The second-order valence-electron chi connectivity index (χ2n) is 6.86. The molecule has 29 heavy (non-hydrogen) atoms. The molecule has 0 aliphatic carbocycles. The number of carbonyl (C=O) groups is 1. The van der Waals surface area contributed by atoms with Gasteiger partial charge in [0.2, 0.25) is 5.56 Å². The van der Waals surface area contributed by atoms with Crippen molar-refractivity contribution < 1.29 is 18.3 Å². The normalized spacial score (nSPS) is 17.9. The van der Waals surface area contributed by atoms with E-state index in [-0.39, 0.29) is 35.6 Å². The van der Waals surface area contributed by atoms with Gasteiger partial charge in [-0.3, -0.25) is 14.6 Å². The largest absolute Gasteiger partial charge is 0.491 e. The number of amides is 1. The van der Waals surface area contributed by atoms with Crippen LogP contribution < -0.4 is 15.6 Å². The van der Waals surface area contributed by atoms with Crippen LogP contribution in [0, 0.1) is 18.6 Å². The number of nitrogens with zero attached hydrogens (tertiary/aromatic N) is 1. The number of halogens is 2. The van der Waals surface area contributed by atoms with Crippen LogP contribution in [0.3, 0.4) is 0 Å². The zero-order valence-corrected chi connectivity index (χ0v) is 15.5. The second-order valence-corrected chi connectivity index (χ2v) is 6.86. The Balaban J connectivity index is 1.87. The summed E-state index contributed by atoms with van der Waals surface area (Å²) in [5, 5.41) is 2.91. The highest BCUT2D eigenvalue weighted by Crippen LogP contribution is 2.41. The monoisotopic (exact) mass is 397 g/mol. The van der Waals surface area contributed by atoms with E-state index in [1.165, 1.54) is 30.5 Å². The number of fused-ring (bicyclic) bond motifs is 1. The fourth-order valence-corrected chi connectivity index (χ4v) is 3.43. The van der Waals surface area contributed by atoms with Crippen molar-refractivity contribution in [2.24, 2.45) is 0 Å². The Hall–Kier alpha value is -3.55. The van der Waals surface area contributed by atoms with E-state index in [1.54, 1.807) is 19.1 Å². The highest BCUT2D eigenvalue weighted by molar-refractivity contribution is 5.94. The molecule has 1 aliphatic heterocycles. The fraction of sp³-hybridized carbons (Fsp3) is 0.190. The number of hydrogen-bond acceptors (Lipinski definition) is 4. The van der Waals surface area contributed by atoms with Crippen LogP contribution in [0.1, 0.15) is 33.6 Å². The van der Waals surface area contributed by atoms with Crippen molar-refractivity contribution in [1.29, 1.82) is 0 Å². The summed E-state index contributed by atoms with van der Waals surface area (Å²) < 4.78 is 33.6. The molecule has 2 aromatic heterocycles. The zero-order valence-electron chi connectivity index (χ0n) is 15.5. The van der Waals surface area contributed by atoms with E-state index in [2.05, 4.69) is 15.3 Å². The first-order valence-electron chi connectivity index (χ1n) is 8.96. The van der Waals surface area contributed by atoms with E-state index in [0.717, 1.165) is 6.20 Å². The predicted octanol–water partition coefficient (Wildman–Crippen LogP) is 2.81. The van der Waals surface area contributed by atoms with Crippen LogP contribution in [0.2, 0.25) is 0 Å². The van der Waals surface area contributed by atoms with Gasteiger partial charge in [0.25, 0.3) is 5.91 Å². The van der Waals surface area contributed by atoms with Crippen molar-refractivity contribution >= 4 is 5.91 Å². The van der Waals surface area contributed by atoms with Crippen molar-refractivity contribution in [3.05, 3.63) is 93.2 Å². The van der Waals surface area contributed by atoms with E-state index in [0.29, 0.717) is 11.1 Å². The van der Waals surface area contributed by atoms with Crippen molar-refractivity contribution in [3.63, 3.8) is 0 Å². The number of H-pyrrole nitrogens is 1. The predicted molar refractivity (Wildman–Crippen MR) is 101 cm³/mol. The summed E-state index contributed by atoms with van der Waals surface area (Å²) in [7, 11) is 0. The first-order valence-corrected chi connectivity index (χ1v) is 8.96. The number of aryl methyl sites for hydroxylation is 1. The van der Waals surface area contributed by atoms with Crippen LogP contribution in [0.5, 0.6) is 5.75 Å². The average molecular weight is 397 g/mol. The molecule has 4 rings (SSSR count). The average Bonchev–Trinajstić information content (AvgIpc) is 2.70. The van der Waals surface area contributed by atoms with Crippen molar-refractivity contribution in [2.75, 3.05) is 6.61 Å². The van der Waals surface area contributed by atoms with Crippen molar-refractivity contribution in [2.45, 2.75) is 18.9 Å². The van der Waals surface area contributed by atoms with Crippen LogP contribution in [-0.4, -0.2) is 22.5 Å². The Morgan fingerprint density at radius 2 is 2.07 bits per heavy atom. The Labute approximate surface area is 164 Å². The minimum Gasteiger partial charge on any atom is -0.491 e. The Bertz CT molecular complexity index is 1140. The van der Waals surface area contributed by atoms with E-state index in [1.807, 2.05) is 0 Å². The van der Waals surface area contributed by atoms with Gasteiger partial charge in [0, 0.05) is 24.8 Å². The quantitative estimate of drug-likeness (QED) is 0.712. The molecule has 1 atom stereocenters. The summed E-state index contributed by atoms with van der Waals surface area (Å²) in [5.74, 6) is -1.34. The van der Waals surface area contributed by atoms with Gasteiger partial charge < -0.3 is 15.0 Å². The number of aromatic amines is 1. The maximum Gasteiger partial charge on any atom is 0.253 e. The smallest absolute Gasteiger partial charge is 0.253 e. The number of ether oxygens (including phenoxy) is 1. The van der Waals surface area contributed by atoms with E-state index in [4.69, 9.17) is 4.74 Å². The molecule has 3 aromatic rings.